The summed E-state index contributed by atoms with van der Waals surface area (Å²) in [5.74, 6) is -1.76. The Bertz CT molecular complexity index is 872. The number of carbonyl (C=O) groups is 5. The van der Waals surface area contributed by atoms with Crippen molar-refractivity contribution in [3.05, 3.63) is 0 Å². The standard InChI is InChI=1S/C29H56N6O8/c1-28(2,3)42-26(39)32-19-13-10-15-20(23(36)34-22(25(38)41-7)16-9-12-18-31)33-24(37)21(14-8-11-17-30)35-27(40)43-29(4,5)6/h20-22H,8-19,30-31H2,1-7H3,(H,32,39)(H,33,37)(H,34,36)(H,35,40). The van der Waals surface area contributed by atoms with Crippen LogP contribution in [0.2, 0.25) is 0 Å². The molecule has 43 heavy (non-hydrogen) atoms. The quantitative estimate of drug-likeness (QED) is 0.0705. The predicted octanol–water partition coefficient (Wildman–Crippen LogP) is 1.98. The fraction of sp³-hybridized carbons (Fsp3) is 0.828. The van der Waals surface area contributed by atoms with Crippen molar-refractivity contribution in [2.45, 2.75) is 129 Å². The number of hydrogen-bond donors (Lipinski definition) is 6. The van der Waals surface area contributed by atoms with Gasteiger partial charge in [-0.25, -0.2) is 14.4 Å². The topological polar surface area (TPSA) is 213 Å². The van der Waals surface area contributed by atoms with Gasteiger partial charge in [0.25, 0.3) is 0 Å². The molecule has 14 heteroatoms. The molecule has 14 nitrogen and oxygen atoms in total. The predicted molar refractivity (Wildman–Crippen MR) is 163 cm³/mol. The number of hydrogen-bond acceptors (Lipinski definition) is 10. The number of esters is 1. The molecule has 0 radical (unpaired) electrons. The van der Waals surface area contributed by atoms with Gasteiger partial charge in [-0.3, -0.25) is 9.59 Å². The Hall–Kier alpha value is -3.13. The molecule has 0 aromatic carbocycles. The van der Waals surface area contributed by atoms with E-state index in [1.807, 2.05) is 0 Å². The van der Waals surface area contributed by atoms with Gasteiger partial charge in [-0.1, -0.05) is 0 Å². The summed E-state index contributed by atoms with van der Waals surface area (Å²) in [7, 11) is 1.23. The van der Waals surface area contributed by atoms with E-state index < -0.39 is 59.3 Å². The van der Waals surface area contributed by atoms with Crippen LogP contribution < -0.4 is 32.7 Å². The second-order valence-corrected chi connectivity index (χ2v) is 12.3. The van der Waals surface area contributed by atoms with Crippen LogP contribution in [0.5, 0.6) is 0 Å². The molecule has 0 aliphatic heterocycles. The highest BCUT2D eigenvalue weighted by molar-refractivity contribution is 5.93. The fourth-order valence-corrected chi connectivity index (χ4v) is 3.89. The minimum atomic E-state index is -1.03. The lowest BCUT2D eigenvalue weighted by Gasteiger charge is -2.26. The highest BCUT2D eigenvalue weighted by Crippen LogP contribution is 2.11. The minimum Gasteiger partial charge on any atom is -0.467 e. The number of rotatable bonds is 19. The van der Waals surface area contributed by atoms with Gasteiger partial charge in [-0.15, -0.1) is 0 Å². The maximum atomic E-state index is 13.4. The summed E-state index contributed by atoms with van der Waals surface area (Å²) in [6.45, 7) is 11.6. The van der Waals surface area contributed by atoms with E-state index >= 15 is 0 Å². The second kappa shape index (κ2) is 20.7. The van der Waals surface area contributed by atoms with E-state index in [4.69, 9.17) is 25.7 Å². The van der Waals surface area contributed by atoms with Crippen molar-refractivity contribution in [3.8, 4) is 0 Å². The van der Waals surface area contributed by atoms with Gasteiger partial charge in [0.05, 0.1) is 7.11 Å². The summed E-state index contributed by atoms with van der Waals surface area (Å²) in [5.41, 5.74) is 9.76. The third kappa shape index (κ3) is 20.4. The summed E-state index contributed by atoms with van der Waals surface area (Å²) < 4.78 is 15.4. The van der Waals surface area contributed by atoms with Crippen LogP contribution >= 0.6 is 0 Å². The first kappa shape index (κ1) is 39.9. The van der Waals surface area contributed by atoms with E-state index in [2.05, 4.69) is 21.3 Å². The first-order valence-electron chi connectivity index (χ1n) is 15.1. The first-order valence-corrected chi connectivity index (χ1v) is 15.1. The summed E-state index contributed by atoms with van der Waals surface area (Å²) in [6, 6.07) is -2.93. The van der Waals surface area contributed by atoms with Crippen LogP contribution in [0, 0.1) is 0 Å². The van der Waals surface area contributed by atoms with E-state index in [0.717, 1.165) is 0 Å². The Morgan fingerprint density at radius 3 is 1.49 bits per heavy atom. The van der Waals surface area contributed by atoms with Gasteiger partial charge in [-0.2, -0.15) is 0 Å². The first-order chi connectivity index (χ1) is 20.0. The lowest BCUT2D eigenvalue weighted by Crippen LogP contribution is -2.56. The Labute approximate surface area is 256 Å². The Balaban J connectivity index is 5.66. The van der Waals surface area contributed by atoms with Gasteiger partial charge in [-0.05, 0) is 112 Å². The molecule has 0 aliphatic carbocycles. The van der Waals surface area contributed by atoms with E-state index in [9.17, 15) is 24.0 Å². The zero-order valence-electron chi connectivity index (χ0n) is 27.1. The molecule has 4 amide bonds. The van der Waals surface area contributed by atoms with Crippen LogP contribution in [0.25, 0.3) is 0 Å². The molecular weight excluding hydrogens is 560 g/mol. The molecule has 0 heterocycles. The van der Waals surface area contributed by atoms with Crippen molar-refractivity contribution in [1.82, 2.24) is 21.3 Å². The van der Waals surface area contributed by atoms with E-state index in [-0.39, 0.29) is 12.8 Å². The van der Waals surface area contributed by atoms with Crippen LogP contribution in [0.15, 0.2) is 0 Å². The van der Waals surface area contributed by atoms with Gasteiger partial charge in [0.2, 0.25) is 11.8 Å². The molecule has 3 unspecified atom stereocenters. The van der Waals surface area contributed by atoms with Crippen LogP contribution in [0.1, 0.15) is 99.3 Å². The normalized spacial score (nSPS) is 13.6. The van der Waals surface area contributed by atoms with E-state index in [0.29, 0.717) is 64.6 Å². The average Bonchev–Trinajstić information content (AvgIpc) is 2.88. The van der Waals surface area contributed by atoms with Gasteiger partial charge < -0.3 is 46.9 Å². The number of carbonyl (C=O) groups excluding carboxylic acids is 5. The number of ether oxygens (including phenoxy) is 3. The number of amides is 4. The molecule has 0 aromatic heterocycles. The van der Waals surface area contributed by atoms with Gasteiger partial charge in [0.1, 0.15) is 29.3 Å². The largest absolute Gasteiger partial charge is 0.467 e. The Kier molecular flexibility index (Phi) is 19.2. The molecule has 3 atom stereocenters. The molecule has 0 aromatic rings. The number of unbranched alkanes of at least 4 members (excludes halogenated alkanes) is 3. The van der Waals surface area contributed by atoms with Crippen molar-refractivity contribution in [3.63, 3.8) is 0 Å². The number of methoxy groups -OCH3 is 1. The van der Waals surface area contributed by atoms with Crippen molar-refractivity contribution < 1.29 is 38.2 Å². The lowest BCUT2D eigenvalue weighted by molar-refractivity contribution is -0.145. The average molecular weight is 617 g/mol. The van der Waals surface area contributed by atoms with Gasteiger partial charge >= 0.3 is 18.2 Å². The summed E-state index contributed by atoms with van der Waals surface area (Å²) in [5, 5.41) is 10.7. The molecular formula is C29H56N6O8. The summed E-state index contributed by atoms with van der Waals surface area (Å²) in [6.07, 6.45) is 2.86. The van der Waals surface area contributed by atoms with E-state index in [1.165, 1.54) is 7.11 Å². The zero-order valence-corrected chi connectivity index (χ0v) is 27.1. The summed E-state index contributed by atoms with van der Waals surface area (Å²) in [4.78, 5) is 63.5. The fourth-order valence-electron chi connectivity index (χ4n) is 3.89. The molecule has 8 N–H and O–H groups in total. The Morgan fingerprint density at radius 1 is 0.605 bits per heavy atom. The smallest absolute Gasteiger partial charge is 0.408 e. The van der Waals surface area contributed by atoms with Crippen molar-refractivity contribution >= 4 is 30.0 Å². The number of nitrogens with two attached hydrogens (primary N) is 2. The summed E-state index contributed by atoms with van der Waals surface area (Å²) >= 11 is 0. The molecule has 250 valence electrons. The SMILES string of the molecule is COC(=O)C(CCCCN)NC(=O)C(CCCCNC(=O)OC(C)(C)C)NC(=O)C(CCCCN)NC(=O)OC(C)(C)C. The van der Waals surface area contributed by atoms with Crippen molar-refractivity contribution in [1.29, 1.82) is 0 Å². The third-order valence-electron chi connectivity index (χ3n) is 5.92. The third-order valence-corrected chi connectivity index (χ3v) is 5.92. The second-order valence-electron chi connectivity index (χ2n) is 12.3. The van der Waals surface area contributed by atoms with Crippen LogP contribution in [0.4, 0.5) is 9.59 Å². The monoisotopic (exact) mass is 616 g/mol. The Morgan fingerprint density at radius 2 is 1.02 bits per heavy atom. The molecule has 0 aliphatic rings. The highest BCUT2D eigenvalue weighted by atomic mass is 16.6. The van der Waals surface area contributed by atoms with Gasteiger partial charge in [0.15, 0.2) is 0 Å². The zero-order chi connectivity index (χ0) is 33.1. The molecule has 0 saturated carbocycles. The molecule has 0 spiro atoms. The van der Waals surface area contributed by atoms with Crippen molar-refractivity contribution in [2.75, 3.05) is 26.7 Å². The van der Waals surface area contributed by atoms with Crippen molar-refractivity contribution in [2.24, 2.45) is 11.5 Å². The van der Waals surface area contributed by atoms with E-state index in [1.54, 1.807) is 41.5 Å². The van der Waals surface area contributed by atoms with Crippen LogP contribution in [0.3, 0.4) is 0 Å². The molecule has 0 bridgehead atoms. The van der Waals surface area contributed by atoms with Crippen LogP contribution in [-0.2, 0) is 28.6 Å². The molecule has 0 fully saturated rings. The van der Waals surface area contributed by atoms with Crippen LogP contribution in [-0.4, -0.2) is 86.0 Å². The lowest BCUT2D eigenvalue weighted by atomic mass is 10.0. The molecule has 0 rings (SSSR count). The highest BCUT2D eigenvalue weighted by Gasteiger charge is 2.30. The molecule has 0 saturated heterocycles. The number of nitrogens with one attached hydrogen (secondary N) is 4. The maximum Gasteiger partial charge on any atom is 0.408 e. The van der Waals surface area contributed by atoms with Gasteiger partial charge in [0, 0.05) is 6.54 Å². The number of alkyl carbamates (subject to hydrolysis) is 2. The maximum absolute atomic E-state index is 13.4. The minimum absolute atomic E-state index is 0.201.